The van der Waals surface area contributed by atoms with Crippen molar-refractivity contribution in [2.24, 2.45) is 5.73 Å². The van der Waals surface area contributed by atoms with E-state index in [1.165, 1.54) is 16.3 Å². The molecule has 3 aromatic rings. The fourth-order valence-corrected chi connectivity index (χ4v) is 2.88. The molecule has 1 saturated carbocycles. The van der Waals surface area contributed by atoms with E-state index in [0.717, 1.165) is 24.4 Å². The number of fused-ring (bicyclic) bond motifs is 1. The summed E-state index contributed by atoms with van der Waals surface area (Å²) in [6.45, 7) is 0.676. The van der Waals surface area contributed by atoms with Gasteiger partial charge in [-0.25, -0.2) is 4.98 Å². The van der Waals surface area contributed by atoms with Crippen molar-refractivity contribution in [1.82, 2.24) is 9.97 Å². The van der Waals surface area contributed by atoms with Crippen LogP contribution in [0, 0.1) is 0 Å². The third kappa shape index (κ3) is 1.67. The van der Waals surface area contributed by atoms with E-state index in [1.807, 2.05) is 6.20 Å². The highest BCUT2D eigenvalue weighted by atomic mass is 15.0. The van der Waals surface area contributed by atoms with Gasteiger partial charge in [0.2, 0.25) is 0 Å². The first-order valence-electron chi connectivity index (χ1n) is 7.06. The summed E-state index contributed by atoms with van der Waals surface area (Å²) in [5.74, 6) is 1.04. The van der Waals surface area contributed by atoms with Crippen molar-refractivity contribution in [3.63, 3.8) is 0 Å². The lowest BCUT2D eigenvalue weighted by Crippen LogP contribution is -2.21. The minimum atomic E-state index is 0.114. The molecule has 0 bridgehead atoms. The molecule has 1 aliphatic carbocycles. The Bertz CT molecular complexity index is 763. The number of aromatic nitrogens is 2. The molecule has 0 amide bonds. The highest BCUT2D eigenvalue weighted by Crippen LogP contribution is 2.46. The Kier molecular flexibility index (Phi) is 2.44. The quantitative estimate of drug-likeness (QED) is 0.762. The Morgan fingerprint density at radius 3 is 2.70 bits per heavy atom. The molecule has 0 aliphatic heterocycles. The average molecular weight is 263 g/mol. The van der Waals surface area contributed by atoms with Crippen LogP contribution < -0.4 is 5.73 Å². The van der Waals surface area contributed by atoms with Gasteiger partial charge in [-0.15, -0.1) is 0 Å². The third-order valence-electron chi connectivity index (χ3n) is 4.40. The van der Waals surface area contributed by atoms with Gasteiger partial charge >= 0.3 is 0 Å². The number of rotatable bonds is 3. The van der Waals surface area contributed by atoms with Gasteiger partial charge in [0.1, 0.15) is 5.82 Å². The van der Waals surface area contributed by atoms with E-state index < -0.39 is 0 Å². The zero-order chi connectivity index (χ0) is 13.6. The second-order valence-corrected chi connectivity index (χ2v) is 5.66. The van der Waals surface area contributed by atoms with Gasteiger partial charge in [0.15, 0.2) is 0 Å². The van der Waals surface area contributed by atoms with Gasteiger partial charge in [0, 0.05) is 17.5 Å². The summed E-state index contributed by atoms with van der Waals surface area (Å²) in [5, 5.41) is 2.50. The van der Waals surface area contributed by atoms with Gasteiger partial charge in [0.05, 0.1) is 11.9 Å². The first kappa shape index (κ1) is 11.7. The van der Waals surface area contributed by atoms with Gasteiger partial charge in [-0.2, -0.15) is 0 Å². The van der Waals surface area contributed by atoms with Gasteiger partial charge in [-0.05, 0) is 23.6 Å². The molecule has 1 aliphatic rings. The van der Waals surface area contributed by atoms with Crippen molar-refractivity contribution in [3.05, 3.63) is 54.5 Å². The Balaban J connectivity index is 1.84. The van der Waals surface area contributed by atoms with Crippen LogP contribution in [0.15, 0.2) is 48.7 Å². The van der Waals surface area contributed by atoms with Crippen molar-refractivity contribution >= 4 is 10.8 Å². The van der Waals surface area contributed by atoms with E-state index >= 15 is 0 Å². The zero-order valence-electron chi connectivity index (χ0n) is 11.3. The van der Waals surface area contributed by atoms with Gasteiger partial charge in [0.25, 0.3) is 0 Å². The fraction of sp³-hybridized carbons (Fsp3) is 0.235. The van der Waals surface area contributed by atoms with Crippen LogP contribution >= 0.6 is 0 Å². The number of benzene rings is 2. The van der Waals surface area contributed by atoms with Gasteiger partial charge < -0.3 is 10.7 Å². The van der Waals surface area contributed by atoms with Crippen LogP contribution in [-0.2, 0) is 5.41 Å². The molecule has 1 fully saturated rings. The Morgan fingerprint density at radius 1 is 1.10 bits per heavy atom. The topological polar surface area (TPSA) is 54.7 Å². The molecule has 0 spiro atoms. The number of hydrogen-bond donors (Lipinski definition) is 2. The second-order valence-electron chi connectivity index (χ2n) is 5.66. The SMILES string of the molecule is NCC1(c2ncc(-c3cccc4ccccc34)[nH]2)CC1. The Morgan fingerprint density at radius 2 is 1.90 bits per heavy atom. The first-order valence-corrected chi connectivity index (χ1v) is 7.06. The summed E-state index contributed by atoms with van der Waals surface area (Å²) in [5.41, 5.74) is 8.28. The minimum Gasteiger partial charge on any atom is -0.341 e. The normalized spacial score (nSPS) is 16.4. The lowest BCUT2D eigenvalue weighted by Gasteiger charge is -2.08. The van der Waals surface area contributed by atoms with Crippen molar-refractivity contribution in [2.45, 2.75) is 18.3 Å². The molecule has 0 radical (unpaired) electrons. The van der Waals surface area contributed by atoms with Crippen molar-refractivity contribution < 1.29 is 0 Å². The molecule has 20 heavy (non-hydrogen) atoms. The number of hydrogen-bond acceptors (Lipinski definition) is 2. The van der Waals surface area contributed by atoms with Crippen LogP contribution in [-0.4, -0.2) is 16.5 Å². The molecular weight excluding hydrogens is 246 g/mol. The molecule has 1 aromatic heterocycles. The second kappa shape index (κ2) is 4.18. The molecule has 3 heteroatoms. The van der Waals surface area contributed by atoms with E-state index in [2.05, 4.69) is 52.4 Å². The molecule has 0 atom stereocenters. The van der Waals surface area contributed by atoms with Crippen LogP contribution in [0.1, 0.15) is 18.7 Å². The van der Waals surface area contributed by atoms with E-state index in [1.54, 1.807) is 0 Å². The summed E-state index contributed by atoms with van der Waals surface area (Å²) in [7, 11) is 0. The number of imidazole rings is 1. The zero-order valence-corrected chi connectivity index (χ0v) is 11.3. The molecule has 4 rings (SSSR count). The molecular formula is C17H17N3. The largest absolute Gasteiger partial charge is 0.341 e. The average Bonchev–Trinajstić information content (AvgIpc) is 3.16. The number of H-pyrrole nitrogens is 1. The van der Waals surface area contributed by atoms with Crippen LogP contribution in [0.4, 0.5) is 0 Å². The van der Waals surface area contributed by atoms with Crippen LogP contribution in [0.25, 0.3) is 22.0 Å². The lowest BCUT2D eigenvalue weighted by molar-refractivity contribution is 0.659. The molecule has 0 saturated heterocycles. The number of nitrogens with one attached hydrogen (secondary N) is 1. The van der Waals surface area contributed by atoms with E-state index in [0.29, 0.717) is 6.54 Å². The summed E-state index contributed by atoms with van der Waals surface area (Å²) in [6.07, 6.45) is 4.23. The lowest BCUT2D eigenvalue weighted by atomic mass is 10.0. The third-order valence-corrected chi connectivity index (χ3v) is 4.40. The standard InChI is InChI=1S/C17H17N3/c18-11-17(8-9-17)16-19-10-15(20-16)14-7-3-5-12-4-1-2-6-13(12)14/h1-7,10H,8-9,11,18H2,(H,19,20). The van der Waals surface area contributed by atoms with Crippen LogP contribution in [0.5, 0.6) is 0 Å². The van der Waals surface area contributed by atoms with Crippen LogP contribution in [0.3, 0.4) is 0 Å². The fourth-order valence-electron chi connectivity index (χ4n) is 2.88. The number of nitrogens with two attached hydrogens (primary N) is 1. The van der Waals surface area contributed by atoms with Crippen molar-refractivity contribution in [1.29, 1.82) is 0 Å². The predicted octanol–water partition coefficient (Wildman–Crippen LogP) is 3.22. The Hall–Kier alpha value is -2.13. The first-order chi connectivity index (χ1) is 9.82. The molecule has 0 unspecified atom stereocenters. The maximum Gasteiger partial charge on any atom is 0.114 e. The monoisotopic (exact) mass is 263 g/mol. The van der Waals surface area contributed by atoms with Crippen LogP contribution in [0.2, 0.25) is 0 Å². The number of nitrogens with zero attached hydrogens (tertiary/aromatic N) is 1. The molecule has 3 nitrogen and oxygen atoms in total. The minimum absolute atomic E-state index is 0.114. The predicted molar refractivity (Wildman–Crippen MR) is 81.5 cm³/mol. The molecule has 3 N–H and O–H groups in total. The van der Waals surface area contributed by atoms with E-state index in [4.69, 9.17) is 5.73 Å². The van der Waals surface area contributed by atoms with E-state index in [9.17, 15) is 0 Å². The summed E-state index contributed by atoms with van der Waals surface area (Å²) in [4.78, 5) is 8.05. The maximum atomic E-state index is 5.88. The highest BCUT2D eigenvalue weighted by Gasteiger charge is 2.45. The summed E-state index contributed by atoms with van der Waals surface area (Å²) < 4.78 is 0. The smallest absolute Gasteiger partial charge is 0.114 e. The van der Waals surface area contributed by atoms with Crippen molar-refractivity contribution in [3.8, 4) is 11.3 Å². The summed E-state index contributed by atoms with van der Waals surface area (Å²) >= 11 is 0. The molecule has 100 valence electrons. The maximum absolute atomic E-state index is 5.88. The highest BCUT2D eigenvalue weighted by molar-refractivity contribution is 5.95. The van der Waals surface area contributed by atoms with E-state index in [-0.39, 0.29) is 5.41 Å². The van der Waals surface area contributed by atoms with Crippen molar-refractivity contribution in [2.75, 3.05) is 6.54 Å². The van der Waals surface area contributed by atoms with Gasteiger partial charge in [-0.1, -0.05) is 42.5 Å². The summed E-state index contributed by atoms with van der Waals surface area (Å²) in [6, 6.07) is 14.8. The molecule has 1 heterocycles. The van der Waals surface area contributed by atoms with Gasteiger partial charge in [-0.3, -0.25) is 0 Å². The molecule has 2 aromatic carbocycles. The Labute approximate surface area is 117 Å². The number of aromatic amines is 1.